The molecule has 1 aliphatic rings. The molecule has 5 aromatic rings. The highest BCUT2D eigenvalue weighted by Gasteiger charge is 2.30. The third-order valence-electron chi connectivity index (χ3n) is 7.30. The normalized spacial score (nSPS) is 13.8. The summed E-state index contributed by atoms with van der Waals surface area (Å²) < 4.78 is 51.7. The first-order valence-corrected chi connectivity index (χ1v) is 13.9. The number of imidazole rings is 1. The van der Waals surface area contributed by atoms with Crippen LogP contribution in [-0.2, 0) is 23.9 Å². The van der Waals surface area contributed by atoms with Crippen LogP contribution in [0.1, 0.15) is 16.7 Å². The number of halogens is 3. The summed E-state index contributed by atoms with van der Waals surface area (Å²) in [6.07, 6.45) is -0.258. The third-order valence-corrected chi connectivity index (χ3v) is 7.30. The van der Waals surface area contributed by atoms with Gasteiger partial charge in [-0.3, -0.25) is 0 Å². The van der Waals surface area contributed by atoms with E-state index in [9.17, 15) is 13.2 Å². The Morgan fingerprint density at radius 3 is 2.33 bits per heavy atom. The molecule has 0 unspecified atom stereocenters. The molecule has 4 heterocycles. The second kappa shape index (κ2) is 12.3. The minimum atomic E-state index is -4.39. The SMILES string of the molecule is COc1ccc(CCNc2nc(-c3ccc(N4CCOCC4)nc3)nc3c2ncn3Cc2ccc(C(F)(F)F)cc2)cc1. The average Bonchev–Trinajstić information content (AvgIpc) is 3.44. The van der Waals surface area contributed by atoms with Gasteiger partial charge >= 0.3 is 6.18 Å². The summed E-state index contributed by atoms with van der Waals surface area (Å²) in [5.41, 5.74) is 3.01. The predicted octanol–water partition coefficient (Wildman–Crippen LogP) is 5.46. The minimum absolute atomic E-state index is 0.296. The molecular weight excluding hydrogens is 559 g/mol. The Labute approximate surface area is 246 Å². The van der Waals surface area contributed by atoms with Gasteiger partial charge in [0.15, 0.2) is 17.3 Å². The number of hydrogen-bond acceptors (Lipinski definition) is 8. The van der Waals surface area contributed by atoms with E-state index in [4.69, 9.17) is 19.4 Å². The van der Waals surface area contributed by atoms with Crippen molar-refractivity contribution in [3.63, 3.8) is 0 Å². The number of fused-ring (bicyclic) bond motifs is 1. The maximum Gasteiger partial charge on any atom is 0.416 e. The van der Waals surface area contributed by atoms with Crippen molar-refractivity contribution in [2.75, 3.05) is 50.2 Å². The Morgan fingerprint density at radius 2 is 1.65 bits per heavy atom. The van der Waals surface area contributed by atoms with Crippen LogP contribution in [0.4, 0.5) is 24.8 Å². The van der Waals surface area contributed by atoms with E-state index in [2.05, 4.69) is 20.2 Å². The van der Waals surface area contributed by atoms with E-state index < -0.39 is 11.7 Å². The van der Waals surface area contributed by atoms with Gasteiger partial charge in [0, 0.05) is 31.4 Å². The van der Waals surface area contributed by atoms with Gasteiger partial charge in [-0.2, -0.15) is 13.2 Å². The summed E-state index contributed by atoms with van der Waals surface area (Å²) in [4.78, 5) is 21.0. The average molecular weight is 590 g/mol. The van der Waals surface area contributed by atoms with Crippen molar-refractivity contribution in [2.24, 2.45) is 0 Å². The van der Waals surface area contributed by atoms with Crippen LogP contribution >= 0.6 is 0 Å². The molecule has 2 aromatic carbocycles. The Kier molecular flexibility index (Phi) is 8.10. The summed E-state index contributed by atoms with van der Waals surface area (Å²) in [6.45, 7) is 3.78. The number of nitrogens with zero attached hydrogens (tertiary/aromatic N) is 6. The number of morpholine rings is 1. The van der Waals surface area contributed by atoms with Gasteiger partial charge in [-0.15, -0.1) is 0 Å². The summed E-state index contributed by atoms with van der Waals surface area (Å²) >= 11 is 0. The van der Waals surface area contributed by atoms with Crippen LogP contribution in [0.25, 0.3) is 22.6 Å². The molecule has 0 spiro atoms. The molecule has 6 rings (SSSR count). The van der Waals surface area contributed by atoms with Crippen molar-refractivity contribution in [2.45, 2.75) is 19.1 Å². The number of aromatic nitrogens is 5. The summed E-state index contributed by atoms with van der Waals surface area (Å²) in [6, 6.07) is 16.9. The number of pyridine rings is 1. The van der Waals surface area contributed by atoms with Gasteiger partial charge in [0.1, 0.15) is 17.1 Å². The van der Waals surface area contributed by atoms with Crippen molar-refractivity contribution in [1.82, 2.24) is 24.5 Å². The maximum absolute atomic E-state index is 13.1. The third kappa shape index (κ3) is 6.54. The van der Waals surface area contributed by atoms with Crippen LogP contribution in [0.3, 0.4) is 0 Å². The largest absolute Gasteiger partial charge is 0.497 e. The monoisotopic (exact) mass is 589 g/mol. The molecule has 0 bridgehead atoms. The molecule has 43 heavy (non-hydrogen) atoms. The lowest BCUT2D eigenvalue weighted by atomic mass is 10.1. The Balaban J connectivity index is 1.29. The highest BCUT2D eigenvalue weighted by atomic mass is 19.4. The molecule has 9 nitrogen and oxygen atoms in total. The second-order valence-electron chi connectivity index (χ2n) is 10.2. The van der Waals surface area contributed by atoms with E-state index in [0.29, 0.717) is 54.7 Å². The Bertz CT molecular complexity index is 1670. The van der Waals surface area contributed by atoms with Crippen molar-refractivity contribution >= 4 is 22.8 Å². The van der Waals surface area contributed by atoms with Crippen molar-refractivity contribution in [3.8, 4) is 17.1 Å². The Morgan fingerprint density at radius 1 is 0.907 bits per heavy atom. The number of ether oxygens (including phenoxy) is 2. The number of nitrogens with one attached hydrogen (secondary N) is 1. The molecule has 0 aliphatic carbocycles. The zero-order chi connectivity index (χ0) is 29.8. The Hall–Kier alpha value is -4.71. The molecule has 1 fully saturated rings. The van der Waals surface area contributed by atoms with Crippen LogP contribution in [0.15, 0.2) is 73.2 Å². The molecule has 0 atom stereocenters. The van der Waals surface area contributed by atoms with Crippen molar-refractivity contribution in [3.05, 3.63) is 89.9 Å². The van der Waals surface area contributed by atoms with Crippen LogP contribution in [-0.4, -0.2) is 64.5 Å². The lowest BCUT2D eigenvalue weighted by Gasteiger charge is -2.27. The number of methoxy groups -OCH3 is 1. The second-order valence-corrected chi connectivity index (χ2v) is 10.2. The molecule has 12 heteroatoms. The number of alkyl halides is 3. The molecular formula is C31H30F3N7O2. The first-order valence-electron chi connectivity index (χ1n) is 13.9. The first-order chi connectivity index (χ1) is 20.9. The van der Waals surface area contributed by atoms with E-state index >= 15 is 0 Å². The molecule has 0 radical (unpaired) electrons. The zero-order valence-electron chi connectivity index (χ0n) is 23.5. The lowest BCUT2D eigenvalue weighted by molar-refractivity contribution is -0.137. The van der Waals surface area contributed by atoms with Crippen LogP contribution in [0, 0.1) is 0 Å². The summed E-state index contributed by atoms with van der Waals surface area (Å²) in [7, 11) is 1.64. The van der Waals surface area contributed by atoms with Gasteiger partial charge in [0.2, 0.25) is 0 Å². The topological polar surface area (TPSA) is 90.2 Å². The van der Waals surface area contributed by atoms with Crippen molar-refractivity contribution < 1.29 is 22.6 Å². The standard InChI is InChI=1S/C31H30F3N7O2/c1-42-25-9-4-21(5-10-25)12-13-35-29-27-30(41(20-37-27)19-22-2-7-24(8-3-22)31(32,33)34)39-28(38-29)23-6-11-26(36-18-23)40-14-16-43-17-15-40/h2-11,18,20H,12-17,19H2,1H3,(H,35,38,39). The van der Waals surface area contributed by atoms with Gasteiger partial charge in [-0.05, 0) is 53.9 Å². The van der Waals surface area contributed by atoms with E-state index in [1.54, 1.807) is 19.6 Å². The van der Waals surface area contributed by atoms with Gasteiger partial charge in [-0.1, -0.05) is 24.3 Å². The van der Waals surface area contributed by atoms with E-state index in [0.717, 1.165) is 54.3 Å². The quantitative estimate of drug-likeness (QED) is 0.243. The van der Waals surface area contributed by atoms with Crippen LogP contribution < -0.4 is 15.0 Å². The first kappa shape index (κ1) is 28.4. The fraction of sp³-hybridized carbons (Fsp3) is 0.290. The fourth-order valence-electron chi connectivity index (χ4n) is 4.92. The highest BCUT2D eigenvalue weighted by molar-refractivity contribution is 5.85. The van der Waals surface area contributed by atoms with Gasteiger partial charge < -0.3 is 24.3 Å². The molecule has 222 valence electrons. The predicted molar refractivity (Wildman–Crippen MR) is 157 cm³/mol. The number of rotatable bonds is 9. The number of benzene rings is 2. The van der Waals surface area contributed by atoms with E-state index in [1.807, 2.05) is 41.0 Å². The summed E-state index contributed by atoms with van der Waals surface area (Å²) in [5.74, 6) is 2.69. The lowest BCUT2D eigenvalue weighted by Crippen LogP contribution is -2.36. The van der Waals surface area contributed by atoms with Crippen LogP contribution in [0.5, 0.6) is 5.75 Å². The van der Waals surface area contributed by atoms with E-state index in [-0.39, 0.29) is 0 Å². The smallest absolute Gasteiger partial charge is 0.416 e. The van der Waals surface area contributed by atoms with Crippen molar-refractivity contribution in [1.29, 1.82) is 0 Å². The molecule has 3 aromatic heterocycles. The van der Waals surface area contributed by atoms with Crippen LogP contribution in [0.2, 0.25) is 0 Å². The minimum Gasteiger partial charge on any atom is -0.497 e. The van der Waals surface area contributed by atoms with Gasteiger partial charge in [0.25, 0.3) is 0 Å². The molecule has 0 amide bonds. The zero-order valence-corrected chi connectivity index (χ0v) is 23.5. The number of hydrogen-bond donors (Lipinski definition) is 1. The summed E-state index contributed by atoms with van der Waals surface area (Å²) in [5, 5.41) is 3.41. The molecule has 1 N–H and O–H groups in total. The molecule has 1 aliphatic heterocycles. The molecule has 1 saturated heterocycles. The maximum atomic E-state index is 13.1. The van der Waals surface area contributed by atoms with Gasteiger partial charge in [-0.25, -0.2) is 19.9 Å². The van der Waals surface area contributed by atoms with Gasteiger partial charge in [0.05, 0.1) is 38.8 Å². The van der Waals surface area contributed by atoms with E-state index in [1.165, 1.54) is 12.1 Å². The fourth-order valence-corrected chi connectivity index (χ4v) is 4.92. The molecule has 0 saturated carbocycles. The number of anilines is 2. The highest BCUT2D eigenvalue weighted by Crippen LogP contribution is 2.30.